The molecule has 16 heavy (non-hydrogen) atoms. The lowest BCUT2D eigenvalue weighted by molar-refractivity contribution is 0.192. The molecule has 1 heteroatoms. The van der Waals surface area contributed by atoms with Gasteiger partial charge in [0.2, 0.25) is 0 Å². The van der Waals surface area contributed by atoms with Crippen LogP contribution < -0.4 is 0 Å². The first-order chi connectivity index (χ1) is 7.31. The first-order valence-electron chi connectivity index (χ1n) is 6.59. The van der Waals surface area contributed by atoms with E-state index in [0.29, 0.717) is 12.0 Å². The molecule has 0 amide bonds. The molecule has 0 spiro atoms. The molecule has 0 radical (unpaired) electrons. The van der Waals surface area contributed by atoms with Crippen LogP contribution in [0.15, 0.2) is 11.1 Å². The van der Waals surface area contributed by atoms with Crippen molar-refractivity contribution in [2.24, 2.45) is 22.7 Å². The Hall–Kier alpha value is -0.300. The molecule has 1 fully saturated rings. The molecule has 2 rings (SSSR count). The maximum absolute atomic E-state index is 9.33. The molecule has 3 atom stereocenters. The number of aliphatic hydroxyl groups excluding tert-OH is 1. The van der Waals surface area contributed by atoms with Gasteiger partial charge in [-0.25, -0.2) is 0 Å². The second-order valence-corrected chi connectivity index (χ2v) is 6.98. The van der Waals surface area contributed by atoms with Crippen LogP contribution in [-0.2, 0) is 0 Å². The fourth-order valence-corrected chi connectivity index (χ4v) is 3.42. The molecule has 3 unspecified atom stereocenters. The Kier molecular flexibility index (Phi) is 2.73. The monoisotopic (exact) mass is 222 g/mol. The normalized spacial score (nSPS) is 41.6. The SMILES string of the molecule is CC1=C(C)C(C)(C)C(CC2CC2(C)CO)C1. The van der Waals surface area contributed by atoms with Gasteiger partial charge in [-0.15, -0.1) is 0 Å². The van der Waals surface area contributed by atoms with Gasteiger partial charge in [-0.05, 0) is 55.8 Å². The number of hydrogen-bond acceptors (Lipinski definition) is 1. The second kappa shape index (κ2) is 3.60. The summed E-state index contributed by atoms with van der Waals surface area (Å²) in [6.45, 7) is 12.0. The van der Waals surface area contributed by atoms with Crippen LogP contribution in [0.1, 0.15) is 53.9 Å². The van der Waals surface area contributed by atoms with Gasteiger partial charge in [-0.2, -0.15) is 0 Å². The molecule has 2 aliphatic carbocycles. The van der Waals surface area contributed by atoms with E-state index in [1.807, 2.05) is 0 Å². The maximum atomic E-state index is 9.33. The minimum Gasteiger partial charge on any atom is -0.396 e. The Balaban J connectivity index is 2.00. The van der Waals surface area contributed by atoms with E-state index in [1.54, 1.807) is 11.1 Å². The molecule has 1 N–H and O–H groups in total. The molecule has 0 aromatic rings. The predicted molar refractivity (Wildman–Crippen MR) is 68.2 cm³/mol. The summed E-state index contributed by atoms with van der Waals surface area (Å²) >= 11 is 0. The minimum absolute atomic E-state index is 0.250. The average molecular weight is 222 g/mol. The summed E-state index contributed by atoms with van der Waals surface area (Å²) < 4.78 is 0. The molecular weight excluding hydrogens is 196 g/mol. The standard InChI is InChI=1S/C15H26O/c1-10-6-12(14(3,4)11(10)2)7-13-8-15(13,5)9-16/h12-13,16H,6-9H2,1-5H3. The van der Waals surface area contributed by atoms with Crippen LogP contribution in [-0.4, -0.2) is 11.7 Å². The molecule has 1 saturated carbocycles. The summed E-state index contributed by atoms with van der Waals surface area (Å²) in [6, 6.07) is 0. The first kappa shape index (κ1) is 12.2. The van der Waals surface area contributed by atoms with E-state index >= 15 is 0 Å². The third-order valence-electron chi connectivity index (χ3n) is 5.65. The predicted octanol–water partition coefficient (Wildman–Crippen LogP) is 3.78. The lowest BCUT2D eigenvalue weighted by Gasteiger charge is -2.30. The van der Waals surface area contributed by atoms with E-state index in [0.717, 1.165) is 11.8 Å². The minimum atomic E-state index is 0.250. The van der Waals surface area contributed by atoms with E-state index in [2.05, 4.69) is 34.6 Å². The zero-order chi connectivity index (χ0) is 12.1. The van der Waals surface area contributed by atoms with Crippen LogP contribution in [0.5, 0.6) is 0 Å². The van der Waals surface area contributed by atoms with Crippen LogP contribution in [0, 0.1) is 22.7 Å². The molecule has 0 heterocycles. The lowest BCUT2D eigenvalue weighted by atomic mass is 9.75. The smallest absolute Gasteiger partial charge is 0.0487 e. The van der Waals surface area contributed by atoms with Gasteiger partial charge in [0.15, 0.2) is 0 Å². The van der Waals surface area contributed by atoms with Gasteiger partial charge in [0, 0.05) is 6.61 Å². The Bertz CT molecular complexity index is 326. The van der Waals surface area contributed by atoms with Gasteiger partial charge < -0.3 is 5.11 Å². The van der Waals surface area contributed by atoms with E-state index in [9.17, 15) is 5.11 Å². The zero-order valence-corrected chi connectivity index (χ0v) is 11.4. The van der Waals surface area contributed by atoms with Gasteiger partial charge in [-0.1, -0.05) is 31.9 Å². The van der Waals surface area contributed by atoms with Gasteiger partial charge in [-0.3, -0.25) is 0 Å². The Labute approximate surface area is 99.9 Å². The maximum Gasteiger partial charge on any atom is 0.0487 e. The number of allylic oxidation sites excluding steroid dienone is 2. The Morgan fingerprint density at radius 3 is 2.19 bits per heavy atom. The molecule has 2 aliphatic rings. The summed E-state index contributed by atoms with van der Waals surface area (Å²) in [5.41, 5.74) is 3.83. The summed E-state index contributed by atoms with van der Waals surface area (Å²) in [6.07, 6.45) is 3.81. The zero-order valence-electron chi connectivity index (χ0n) is 11.4. The van der Waals surface area contributed by atoms with Crippen molar-refractivity contribution in [2.45, 2.75) is 53.9 Å². The van der Waals surface area contributed by atoms with Crippen molar-refractivity contribution in [1.29, 1.82) is 0 Å². The quantitative estimate of drug-likeness (QED) is 0.721. The third-order valence-corrected chi connectivity index (χ3v) is 5.65. The van der Waals surface area contributed by atoms with Crippen LogP contribution in [0.4, 0.5) is 0 Å². The van der Waals surface area contributed by atoms with Crippen LogP contribution in [0.25, 0.3) is 0 Å². The highest BCUT2D eigenvalue weighted by Crippen LogP contribution is 2.59. The van der Waals surface area contributed by atoms with E-state index in [1.165, 1.54) is 19.3 Å². The average Bonchev–Trinajstić information content (AvgIpc) is 2.82. The van der Waals surface area contributed by atoms with Gasteiger partial charge in [0.05, 0.1) is 0 Å². The molecule has 1 nitrogen and oxygen atoms in total. The molecule has 0 aromatic heterocycles. The largest absolute Gasteiger partial charge is 0.396 e. The van der Waals surface area contributed by atoms with Gasteiger partial charge in [0.25, 0.3) is 0 Å². The first-order valence-corrected chi connectivity index (χ1v) is 6.59. The lowest BCUT2D eigenvalue weighted by Crippen LogP contribution is -2.22. The van der Waals surface area contributed by atoms with E-state index < -0.39 is 0 Å². The molecule has 0 saturated heterocycles. The number of rotatable bonds is 3. The Morgan fingerprint density at radius 2 is 1.81 bits per heavy atom. The molecule has 0 aromatic carbocycles. The number of aliphatic hydroxyl groups is 1. The molecule has 0 bridgehead atoms. The van der Waals surface area contributed by atoms with E-state index in [4.69, 9.17) is 0 Å². The third kappa shape index (κ3) is 1.73. The van der Waals surface area contributed by atoms with Gasteiger partial charge in [0.1, 0.15) is 0 Å². The fourth-order valence-electron chi connectivity index (χ4n) is 3.42. The van der Waals surface area contributed by atoms with Crippen molar-refractivity contribution >= 4 is 0 Å². The van der Waals surface area contributed by atoms with Crippen molar-refractivity contribution in [3.05, 3.63) is 11.1 Å². The highest BCUT2D eigenvalue weighted by atomic mass is 16.3. The summed E-state index contributed by atoms with van der Waals surface area (Å²) in [7, 11) is 0. The summed E-state index contributed by atoms with van der Waals surface area (Å²) in [4.78, 5) is 0. The topological polar surface area (TPSA) is 20.2 Å². The van der Waals surface area contributed by atoms with Crippen molar-refractivity contribution < 1.29 is 5.11 Å². The molecule has 92 valence electrons. The second-order valence-electron chi connectivity index (χ2n) is 6.98. The summed E-state index contributed by atoms with van der Waals surface area (Å²) in [5, 5.41) is 9.33. The van der Waals surface area contributed by atoms with Crippen molar-refractivity contribution in [2.75, 3.05) is 6.61 Å². The van der Waals surface area contributed by atoms with Crippen molar-refractivity contribution in [3.63, 3.8) is 0 Å². The fraction of sp³-hybridized carbons (Fsp3) is 0.867. The molecular formula is C15H26O. The van der Waals surface area contributed by atoms with Crippen molar-refractivity contribution in [1.82, 2.24) is 0 Å². The van der Waals surface area contributed by atoms with Crippen molar-refractivity contribution in [3.8, 4) is 0 Å². The highest BCUT2D eigenvalue weighted by Gasteiger charge is 2.52. The van der Waals surface area contributed by atoms with Crippen LogP contribution in [0.2, 0.25) is 0 Å². The van der Waals surface area contributed by atoms with Gasteiger partial charge >= 0.3 is 0 Å². The highest BCUT2D eigenvalue weighted by molar-refractivity contribution is 5.26. The Morgan fingerprint density at radius 1 is 1.19 bits per heavy atom. The van der Waals surface area contributed by atoms with E-state index in [-0.39, 0.29) is 5.41 Å². The number of hydrogen-bond donors (Lipinski definition) is 1. The molecule has 0 aliphatic heterocycles. The van der Waals surface area contributed by atoms with Crippen LogP contribution in [0.3, 0.4) is 0 Å². The van der Waals surface area contributed by atoms with Crippen LogP contribution >= 0.6 is 0 Å². The summed E-state index contributed by atoms with van der Waals surface area (Å²) in [5.74, 6) is 1.56.